The van der Waals surface area contributed by atoms with Crippen LogP contribution in [-0.2, 0) is 39.0 Å². The highest BCUT2D eigenvalue weighted by Crippen LogP contribution is 2.58. The SMILES string of the molecule is CC(C)(C)[Si](C)(C)O[C@@H]1[C@H](O[Si](C)(C)C(C)(C)C)[C@@H](COP2(=S)OCC[C@@H](c3cccc(Cl)c3)O2)O[C@H]1n1cnc2c(N)ncnc21. The first-order valence-electron chi connectivity index (χ1n) is 16.0. The summed E-state index contributed by atoms with van der Waals surface area (Å²) in [5, 5.41) is 0.481. The number of anilines is 1. The van der Waals surface area contributed by atoms with E-state index in [9.17, 15) is 0 Å². The molecule has 16 heteroatoms. The molecule has 0 spiro atoms. The van der Waals surface area contributed by atoms with Gasteiger partial charge in [-0.25, -0.2) is 15.0 Å². The van der Waals surface area contributed by atoms with Gasteiger partial charge in [-0.15, -0.1) is 0 Å². The minimum atomic E-state index is -3.15. The first-order chi connectivity index (χ1) is 21.7. The largest absolute Gasteiger partial charge is 0.408 e. The van der Waals surface area contributed by atoms with Gasteiger partial charge in [-0.1, -0.05) is 65.3 Å². The van der Waals surface area contributed by atoms with Crippen LogP contribution in [0.4, 0.5) is 5.82 Å². The Morgan fingerprint density at radius 2 is 1.68 bits per heavy atom. The van der Waals surface area contributed by atoms with E-state index < -0.39 is 47.9 Å². The number of ether oxygens (including phenoxy) is 1. The Hall–Kier alpha value is -1.30. The quantitative estimate of drug-likeness (QED) is 0.169. The summed E-state index contributed by atoms with van der Waals surface area (Å²) in [4.78, 5) is 13.2. The van der Waals surface area contributed by atoms with Gasteiger partial charge in [-0.05, 0) is 65.8 Å². The molecule has 0 bridgehead atoms. The van der Waals surface area contributed by atoms with Gasteiger partial charge in [-0.2, -0.15) is 0 Å². The lowest BCUT2D eigenvalue weighted by molar-refractivity contribution is -0.0515. The number of rotatable bonds is 9. The number of nitrogens with zero attached hydrogens (tertiary/aromatic N) is 4. The Bertz CT molecular complexity index is 1630. The summed E-state index contributed by atoms with van der Waals surface area (Å²) in [7, 11) is -4.73. The number of halogens is 1. The van der Waals surface area contributed by atoms with Crippen LogP contribution in [0.2, 0.25) is 41.3 Å². The van der Waals surface area contributed by atoms with Gasteiger partial charge < -0.3 is 32.9 Å². The summed E-state index contributed by atoms with van der Waals surface area (Å²) in [5.74, 6) is 0.293. The van der Waals surface area contributed by atoms with Crippen molar-refractivity contribution in [1.29, 1.82) is 0 Å². The van der Waals surface area contributed by atoms with Gasteiger partial charge >= 0.3 is 6.72 Å². The minimum Gasteiger partial charge on any atom is -0.408 e. The van der Waals surface area contributed by atoms with Crippen molar-refractivity contribution >= 4 is 63.7 Å². The van der Waals surface area contributed by atoms with Crippen molar-refractivity contribution in [3.8, 4) is 0 Å². The van der Waals surface area contributed by atoms with Crippen molar-refractivity contribution in [1.82, 2.24) is 19.5 Å². The number of hydrogen-bond acceptors (Lipinski definition) is 11. The van der Waals surface area contributed by atoms with E-state index in [0.717, 1.165) is 5.56 Å². The van der Waals surface area contributed by atoms with Crippen LogP contribution in [-0.4, -0.2) is 67.7 Å². The topological polar surface area (TPSA) is 125 Å². The zero-order valence-electron chi connectivity index (χ0n) is 29.0. The molecule has 2 saturated heterocycles. The summed E-state index contributed by atoms with van der Waals surface area (Å²) in [6, 6.07) is 7.60. The fraction of sp³-hybridized carbons (Fsp3) is 0.645. The lowest BCUT2D eigenvalue weighted by atomic mass is 10.1. The molecule has 6 atom stereocenters. The predicted octanol–water partition coefficient (Wildman–Crippen LogP) is 8.16. The van der Waals surface area contributed by atoms with Crippen molar-refractivity contribution < 1.29 is 27.2 Å². The molecule has 0 aliphatic carbocycles. The number of benzene rings is 1. The second-order valence-electron chi connectivity index (χ2n) is 15.3. The lowest BCUT2D eigenvalue weighted by Crippen LogP contribution is -2.54. The fourth-order valence-electron chi connectivity index (χ4n) is 5.10. The van der Waals surface area contributed by atoms with Crippen molar-refractivity contribution in [3.63, 3.8) is 0 Å². The Morgan fingerprint density at radius 1 is 1.02 bits per heavy atom. The molecule has 11 nitrogen and oxygen atoms in total. The summed E-state index contributed by atoms with van der Waals surface area (Å²) in [5.41, 5.74) is 8.16. The van der Waals surface area contributed by atoms with Crippen LogP contribution in [0.3, 0.4) is 0 Å². The van der Waals surface area contributed by atoms with Crippen LogP contribution < -0.4 is 5.73 Å². The summed E-state index contributed by atoms with van der Waals surface area (Å²) in [6.45, 7) is 19.6. The van der Waals surface area contributed by atoms with Gasteiger partial charge in [0.2, 0.25) is 0 Å². The van der Waals surface area contributed by atoms with Gasteiger partial charge in [0.15, 0.2) is 34.3 Å². The molecular weight excluding hydrogens is 693 g/mol. The summed E-state index contributed by atoms with van der Waals surface area (Å²) >= 11 is 12.2. The number of imidazole rings is 1. The van der Waals surface area contributed by atoms with E-state index >= 15 is 0 Å². The molecule has 2 fully saturated rings. The van der Waals surface area contributed by atoms with Crippen molar-refractivity contribution in [2.75, 3.05) is 18.9 Å². The standard InChI is InChI=1S/C31H49ClN5O6PSSi2/c1-30(2,3)46(7,8)42-25-23(17-39-44(45)38-15-14-22(41-44)20-12-11-13-21(32)16-20)40-29(26(25)43-47(9,10)31(4,5)6)37-19-36-24-27(33)34-18-35-28(24)37/h11-13,16,18-19,22-23,25-26,29H,14-15,17H2,1-10H3,(H2,33,34,35)/t22-,23+,25+,26+,29+,44?/m0/s1. The van der Waals surface area contributed by atoms with Gasteiger partial charge in [0, 0.05) is 11.4 Å². The molecule has 1 unspecified atom stereocenters. The fourth-order valence-corrected chi connectivity index (χ4v) is 10.0. The number of hydrogen-bond donors (Lipinski definition) is 1. The molecule has 1 aromatic carbocycles. The highest BCUT2D eigenvalue weighted by Gasteiger charge is 2.55. The van der Waals surface area contributed by atoms with Crippen LogP contribution in [0, 0.1) is 0 Å². The molecule has 5 rings (SSSR count). The van der Waals surface area contributed by atoms with E-state index in [0.29, 0.717) is 35.0 Å². The van der Waals surface area contributed by atoms with Gasteiger partial charge in [0.05, 0.1) is 25.6 Å². The Balaban J connectivity index is 1.51. The Morgan fingerprint density at radius 3 is 2.32 bits per heavy atom. The molecule has 4 heterocycles. The number of nitrogen functional groups attached to an aromatic ring is 1. The third kappa shape index (κ3) is 7.88. The van der Waals surface area contributed by atoms with Gasteiger partial charge in [0.25, 0.3) is 0 Å². The van der Waals surface area contributed by atoms with Crippen LogP contribution >= 0.6 is 18.3 Å². The number of aromatic nitrogens is 4. The zero-order chi connectivity index (χ0) is 34.6. The summed E-state index contributed by atoms with van der Waals surface area (Å²) < 4.78 is 42.0. The molecule has 2 aromatic heterocycles. The van der Waals surface area contributed by atoms with Gasteiger partial charge in [-0.3, -0.25) is 4.57 Å². The average Bonchev–Trinajstić information content (AvgIpc) is 3.52. The first-order valence-corrected chi connectivity index (χ1v) is 24.7. The monoisotopic (exact) mass is 741 g/mol. The molecule has 2 aliphatic rings. The van der Waals surface area contributed by atoms with E-state index in [4.69, 9.17) is 56.3 Å². The summed E-state index contributed by atoms with van der Waals surface area (Å²) in [6.07, 6.45) is 1.24. The molecule has 0 amide bonds. The second kappa shape index (κ2) is 13.4. The molecule has 0 saturated carbocycles. The smallest absolute Gasteiger partial charge is 0.327 e. The molecule has 47 heavy (non-hydrogen) atoms. The molecule has 3 aromatic rings. The maximum atomic E-state index is 7.22. The molecule has 0 radical (unpaired) electrons. The maximum absolute atomic E-state index is 7.22. The third-order valence-electron chi connectivity index (χ3n) is 9.92. The second-order valence-corrected chi connectivity index (χ2v) is 28.3. The van der Waals surface area contributed by atoms with Crippen molar-refractivity contribution in [3.05, 3.63) is 47.5 Å². The number of nitrogens with two attached hydrogens (primary N) is 1. The zero-order valence-corrected chi connectivity index (χ0v) is 33.5. The Kier molecular flexibility index (Phi) is 10.6. The van der Waals surface area contributed by atoms with Gasteiger partial charge in [0.1, 0.15) is 30.2 Å². The molecular formula is C31H49ClN5O6PSSi2. The normalized spacial score (nSPS) is 27.9. The average molecular weight is 742 g/mol. The van der Waals surface area contributed by atoms with E-state index in [1.54, 1.807) is 6.33 Å². The highest BCUT2D eigenvalue weighted by molar-refractivity contribution is 8.07. The highest BCUT2D eigenvalue weighted by atomic mass is 35.5. The first kappa shape index (κ1) is 37.0. The molecule has 2 aliphatic heterocycles. The molecule has 260 valence electrons. The number of fused-ring (bicyclic) bond motifs is 1. The van der Waals surface area contributed by atoms with Crippen LogP contribution in [0.15, 0.2) is 36.9 Å². The molecule has 2 N–H and O–H groups in total. The van der Waals surface area contributed by atoms with Crippen LogP contribution in [0.5, 0.6) is 0 Å². The van der Waals surface area contributed by atoms with Crippen molar-refractivity contribution in [2.45, 2.75) is 115 Å². The lowest BCUT2D eigenvalue weighted by Gasteiger charge is -2.44. The van der Waals surface area contributed by atoms with E-state index in [2.05, 4.69) is 82.7 Å². The third-order valence-corrected chi connectivity index (χ3v) is 21.5. The minimum absolute atomic E-state index is 0.0760. The predicted molar refractivity (Wildman–Crippen MR) is 194 cm³/mol. The van der Waals surface area contributed by atoms with Crippen LogP contribution in [0.1, 0.15) is 65.9 Å². The van der Waals surface area contributed by atoms with E-state index in [1.165, 1.54) is 6.33 Å². The van der Waals surface area contributed by atoms with E-state index in [-0.39, 0.29) is 22.8 Å². The van der Waals surface area contributed by atoms with Crippen LogP contribution in [0.25, 0.3) is 11.2 Å². The van der Waals surface area contributed by atoms with E-state index in [1.807, 2.05) is 28.8 Å². The van der Waals surface area contributed by atoms with Crippen molar-refractivity contribution in [2.24, 2.45) is 0 Å². The maximum Gasteiger partial charge on any atom is 0.327 e. The Labute approximate surface area is 290 Å².